The number of halogens is 1. The van der Waals surface area contributed by atoms with Crippen molar-refractivity contribution in [1.82, 2.24) is 0 Å². The van der Waals surface area contributed by atoms with E-state index in [1.807, 2.05) is 6.07 Å². The molecule has 2 aromatic rings. The third-order valence-electron chi connectivity index (χ3n) is 3.20. The van der Waals surface area contributed by atoms with Gasteiger partial charge in [-0.25, -0.2) is 4.79 Å². The topological polar surface area (TPSA) is 37.3 Å². The van der Waals surface area contributed by atoms with Gasteiger partial charge in [-0.05, 0) is 64.7 Å². The van der Waals surface area contributed by atoms with Crippen LogP contribution in [-0.2, 0) is 5.75 Å². The molecule has 0 fully saturated rings. The van der Waals surface area contributed by atoms with Gasteiger partial charge in [0.2, 0.25) is 0 Å². The van der Waals surface area contributed by atoms with Gasteiger partial charge >= 0.3 is 5.97 Å². The highest BCUT2D eigenvalue weighted by molar-refractivity contribution is 9.10. The van der Waals surface area contributed by atoms with Crippen molar-refractivity contribution < 1.29 is 9.90 Å². The molecule has 0 aliphatic rings. The lowest BCUT2D eigenvalue weighted by atomic mass is 10.1. The van der Waals surface area contributed by atoms with Gasteiger partial charge in [0.05, 0.1) is 5.56 Å². The molecule has 2 aromatic carbocycles. The molecule has 0 heterocycles. The molecule has 0 saturated heterocycles. The van der Waals surface area contributed by atoms with Gasteiger partial charge in [0.25, 0.3) is 0 Å². The van der Waals surface area contributed by atoms with Crippen molar-refractivity contribution in [1.29, 1.82) is 0 Å². The largest absolute Gasteiger partial charge is 0.478 e. The molecule has 0 aromatic heterocycles. The first-order valence-corrected chi connectivity index (χ1v) is 7.97. The number of thioether (sulfide) groups is 1. The van der Waals surface area contributed by atoms with Crippen LogP contribution in [0, 0.1) is 13.8 Å². The molecule has 2 rings (SSSR count). The first-order valence-electron chi connectivity index (χ1n) is 6.20. The van der Waals surface area contributed by atoms with Gasteiger partial charge < -0.3 is 5.11 Å². The molecule has 20 heavy (non-hydrogen) atoms. The Hall–Kier alpha value is -1.26. The predicted molar refractivity (Wildman–Crippen MR) is 86.6 cm³/mol. The SMILES string of the molecule is Cc1cccc(C)c1CSc1ccc(Br)c(C(=O)O)c1. The second-order valence-electron chi connectivity index (χ2n) is 4.61. The molecule has 4 heteroatoms. The van der Waals surface area contributed by atoms with Crippen molar-refractivity contribution in [2.45, 2.75) is 24.5 Å². The molecule has 0 spiro atoms. The average molecular weight is 351 g/mol. The summed E-state index contributed by atoms with van der Waals surface area (Å²) in [7, 11) is 0. The van der Waals surface area contributed by atoms with Crippen LogP contribution in [0.2, 0.25) is 0 Å². The summed E-state index contributed by atoms with van der Waals surface area (Å²) in [6.45, 7) is 4.21. The van der Waals surface area contributed by atoms with Gasteiger partial charge in [0, 0.05) is 15.1 Å². The van der Waals surface area contributed by atoms with Gasteiger partial charge in [0.15, 0.2) is 0 Å². The van der Waals surface area contributed by atoms with Crippen molar-refractivity contribution in [3.63, 3.8) is 0 Å². The first kappa shape index (κ1) is 15.1. The van der Waals surface area contributed by atoms with Crippen molar-refractivity contribution in [3.05, 3.63) is 63.1 Å². The van der Waals surface area contributed by atoms with E-state index in [0.717, 1.165) is 10.6 Å². The molecule has 0 bridgehead atoms. The zero-order chi connectivity index (χ0) is 14.7. The normalized spacial score (nSPS) is 10.6. The fraction of sp³-hybridized carbons (Fsp3) is 0.188. The second-order valence-corrected chi connectivity index (χ2v) is 6.51. The Kier molecular flexibility index (Phi) is 4.89. The summed E-state index contributed by atoms with van der Waals surface area (Å²) < 4.78 is 0.612. The third-order valence-corrected chi connectivity index (χ3v) is 4.91. The molecule has 0 radical (unpaired) electrons. The summed E-state index contributed by atoms with van der Waals surface area (Å²) in [5.41, 5.74) is 4.16. The van der Waals surface area contributed by atoms with Crippen LogP contribution in [0.4, 0.5) is 0 Å². The second kappa shape index (κ2) is 6.46. The molecule has 0 unspecified atom stereocenters. The van der Waals surface area contributed by atoms with E-state index in [1.54, 1.807) is 23.9 Å². The van der Waals surface area contributed by atoms with Crippen molar-refractivity contribution in [2.24, 2.45) is 0 Å². The van der Waals surface area contributed by atoms with E-state index in [-0.39, 0.29) is 0 Å². The van der Waals surface area contributed by atoms with Crippen LogP contribution in [0.5, 0.6) is 0 Å². The lowest BCUT2D eigenvalue weighted by Gasteiger charge is -2.10. The number of carboxylic acids is 1. The van der Waals surface area contributed by atoms with Crippen LogP contribution in [0.1, 0.15) is 27.0 Å². The molecular weight excluding hydrogens is 336 g/mol. The Morgan fingerprint density at radius 3 is 2.45 bits per heavy atom. The number of hydrogen-bond acceptors (Lipinski definition) is 2. The Bertz CT molecular complexity index is 633. The quantitative estimate of drug-likeness (QED) is 0.783. The van der Waals surface area contributed by atoms with Gasteiger partial charge in [0.1, 0.15) is 0 Å². The minimum atomic E-state index is -0.911. The Morgan fingerprint density at radius 2 is 1.85 bits per heavy atom. The minimum absolute atomic E-state index is 0.302. The number of benzene rings is 2. The molecular formula is C16H15BrO2S. The molecule has 1 N–H and O–H groups in total. The number of aryl methyl sites for hydroxylation is 2. The Balaban J connectivity index is 2.19. The Labute approximate surface area is 131 Å². The van der Waals surface area contributed by atoms with Gasteiger partial charge in [-0.3, -0.25) is 0 Å². The van der Waals surface area contributed by atoms with Crippen LogP contribution in [0.3, 0.4) is 0 Å². The number of carbonyl (C=O) groups is 1. The lowest BCUT2D eigenvalue weighted by molar-refractivity contribution is 0.0695. The van der Waals surface area contributed by atoms with E-state index in [9.17, 15) is 4.79 Å². The zero-order valence-electron chi connectivity index (χ0n) is 11.3. The van der Waals surface area contributed by atoms with Crippen LogP contribution < -0.4 is 0 Å². The van der Waals surface area contributed by atoms with E-state index < -0.39 is 5.97 Å². The highest BCUT2D eigenvalue weighted by Gasteiger charge is 2.10. The molecule has 0 aliphatic carbocycles. The number of carboxylic acid groups (broad SMARTS) is 1. The fourth-order valence-corrected chi connectivity index (χ4v) is 3.54. The van der Waals surface area contributed by atoms with E-state index in [2.05, 4.69) is 48.0 Å². The van der Waals surface area contributed by atoms with Crippen LogP contribution in [0.15, 0.2) is 45.8 Å². The summed E-state index contributed by atoms with van der Waals surface area (Å²) in [4.78, 5) is 12.1. The van der Waals surface area contributed by atoms with Gasteiger partial charge in [-0.2, -0.15) is 0 Å². The number of rotatable bonds is 4. The van der Waals surface area contributed by atoms with E-state index in [4.69, 9.17) is 5.11 Å². The summed E-state index contributed by atoms with van der Waals surface area (Å²) in [6.07, 6.45) is 0. The van der Waals surface area contributed by atoms with E-state index in [1.165, 1.54) is 16.7 Å². The minimum Gasteiger partial charge on any atom is -0.478 e. The van der Waals surface area contributed by atoms with E-state index in [0.29, 0.717) is 10.0 Å². The zero-order valence-corrected chi connectivity index (χ0v) is 13.7. The lowest BCUT2D eigenvalue weighted by Crippen LogP contribution is -1.98. The predicted octanol–water partition coefficient (Wildman–Crippen LogP) is 5.06. The average Bonchev–Trinajstić information content (AvgIpc) is 2.39. The van der Waals surface area contributed by atoms with Crippen molar-refractivity contribution in [2.75, 3.05) is 0 Å². The highest BCUT2D eigenvalue weighted by Crippen LogP contribution is 2.29. The third kappa shape index (κ3) is 3.44. The van der Waals surface area contributed by atoms with Crippen molar-refractivity contribution in [3.8, 4) is 0 Å². The maximum atomic E-state index is 11.1. The number of hydrogen-bond donors (Lipinski definition) is 1. The standard InChI is InChI=1S/C16H15BrO2S/c1-10-4-3-5-11(2)14(10)9-20-12-6-7-15(17)13(8-12)16(18)19/h3-8H,9H2,1-2H3,(H,18,19). The van der Waals surface area contributed by atoms with Gasteiger partial charge in [-0.15, -0.1) is 11.8 Å². The van der Waals surface area contributed by atoms with Crippen LogP contribution in [-0.4, -0.2) is 11.1 Å². The molecule has 0 aliphatic heterocycles. The van der Waals surface area contributed by atoms with Gasteiger partial charge in [-0.1, -0.05) is 18.2 Å². The summed E-state index contributed by atoms with van der Waals surface area (Å²) in [5, 5.41) is 9.12. The summed E-state index contributed by atoms with van der Waals surface area (Å²) in [5.74, 6) is -0.0643. The number of aromatic carboxylic acids is 1. The Morgan fingerprint density at radius 1 is 1.20 bits per heavy atom. The fourth-order valence-electron chi connectivity index (χ4n) is 1.99. The molecule has 104 valence electrons. The first-order chi connectivity index (χ1) is 9.49. The molecule has 0 saturated carbocycles. The maximum Gasteiger partial charge on any atom is 0.336 e. The van der Waals surface area contributed by atoms with Crippen molar-refractivity contribution >= 4 is 33.7 Å². The van der Waals surface area contributed by atoms with Crippen LogP contribution >= 0.6 is 27.7 Å². The summed E-state index contributed by atoms with van der Waals surface area (Å²) in [6, 6.07) is 11.7. The van der Waals surface area contributed by atoms with E-state index >= 15 is 0 Å². The summed E-state index contributed by atoms with van der Waals surface area (Å²) >= 11 is 4.92. The monoisotopic (exact) mass is 350 g/mol. The molecule has 0 atom stereocenters. The van der Waals surface area contributed by atoms with Crippen LogP contribution in [0.25, 0.3) is 0 Å². The smallest absolute Gasteiger partial charge is 0.336 e. The molecule has 2 nitrogen and oxygen atoms in total. The maximum absolute atomic E-state index is 11.1. The molecule has 0 amide bonds. The highest BCUT2D eigenvalue weighted by atomic mass is 79.9.